The van der Waals surface area contributed by atoms with Gasteiger partial charge in [0.2, 0.25) is 0 Å². The van der Waals surface area contributed by atoms with E-state index in [1.165, 1.54) is 35.9 Å². The zero-order chi connectivity index (χ0) is 21.1. The number of benzene rings is 2. The fourth-order valence-corrected chi connectivity index (χ4v) is 3.34. The summed E-state index contributed by atoms with van der Waals surface area (Å²) in [6.45, 7) is 1.44. The Morgan fingerprint density at radius 3 is 2.55 bits per heavy atom. The van der Waals surface area contributed by atoms with Gasteiger partial charge in [-0.05, 0) is 24.6 Å². The minimum Gasteiger partial charge on any atom is -0.382 e. The van der Waals surface area contributed by atoms with Crippen molar-refractivity contribution in [1.82, 2.24) is 9.78 Å². The number of Topliss-reactive ketones (excluding diaryl/α,β-unsaturated/α-hetero) is 1. The van der Waals surface area contributed by atoms with Crippen molar-refractivity contribution in [2.24, 2.45) is 0 Å². The van der Waals surface area contributed by atoms with Gasteiger partial charge in [0.25, 0.3) is 0 Å². The largest absolute Gasteiger partial charge is 0.382 e. The Bertz CT molecular complexity index is 1070. The van der Waals surface area contributed by atoms with E-state index >= 15 is 0 Å². The predicted molar refractivity (Wildman–Crippen MR) is 106 cm³/mol. The predicted octanol–water partition coefficient (Wildman–Crippen LogP) is 5.51. The summed E-state index contributed by atoms with van der Waals surface area (Å²) in [4.78, 5) is 12.0. The molecule has 0 saturated heterocycles. The van der Waals surface area contributed by atoms with E-state index in [4.69, 9.17) is 23.2 Å². The summed E-state index contributed by atoms with van der Waals surface area (Å²) in [6, 6.07) is 8.37. The highest BCUT2D eigenvalue weighted by atomic mass is 35.5. The molecule has 29 heavy (non-hydrogen) atoms. The Morgan fingerprint density at radius 2 is 1.83 bits per heavy atom. The number of nitrogens with zero attached hydrogens (tertiary/aromatic N) is 2. The van der Waals surface area contributed by atoms with Crippen molar-refractivity contribution in [1.29, 1.82) is 0 Å². The first-order chi connectivity index (χ1) is 13.8. The normalized spacial score (nSPS) is 11.0. The van der Waals surface area contributed by atoms with Gasteiger partial charge in [-0.15, -0.1) is 0 Å². The van der Waals surface area contributed by atoms with E-state index in [1.807, 2.05) is 0 Å². The summed E-state index contributed by atoms with van der Waals surface area (Å²) < 4.78 is 42.6. The number of carbonyl (C=O) groups excluding carboxylic acids is 1. The zero-order valence-corrected chi connectivity index (χ0v) is 16.8. The summed E-state index contributed by atoms with van der Waals surface area (Å²) in [7, 11) is 0. The van der Waals surface area contributed by atoms with Gasteiger partial charge in [0.1, 0.15) is 10.8 Å². The maximum atomic E-state index is 14.0. The van der Waals surface area contributed by atoms with Crippen molar-refractivity contribution in [2.75, 3.05) is 11.9 Å². The van der Waals surface area contributed by atoms with Crippen LogP contribution in [-0.4, -0.2) is 22.1 Å². The first kappa shape index (κ1) is 21.2. The molecule has 9 heteroatoms. The van der Waals surface area contributed by atoms with Crippen LogP contribution in [0.2, 0.25) is 10.2 Å². The van der Waals surface area contributed by atoms with Crippen LogP contribution in [0, 0.1) is 17.5 Å². The molecule has 4 nitrogen and oxygen atoms in total. The highest BCUT2D eigenvalue weighted by Crippen LogP contribution is 2.25. The van der Waals surface area contributed by atoms with E-state index in [9.17, 15) is 18.0 Å². The molecule has 0 bridgehead atoms. The molecule has 3 aromatic rings. The van der Waals surface area contributed by atoms with E-state index in [0.29, 0.717) is 5.56 Å². The Morgan fingerprint density at radius 1 is 1.10 bits per heavy atom. The van der Waals surface area contributed by atoms with Crippen LogP contribution >= 0.6 is 23.2 Å². The molecule has 1 N–H and O–H groups in total. The third kappa shape index (κ3) is 4.57. The quantitative estimate of drug-likeness (QED) is 0.491. The van der Waals surface area contributed by atoms with E-state index in [1.54, 1.807) is 6.07 Å². The Balaban J connectivity index is 1.82. The van der Waals surface area contributed by atoms with Gasteiger partial charge in [0, 0.05) is 24.6 Å². The van der Waals surface area contributed by atoms with Gasteiger partial charge in [-0.25, -0.2) is 17.9 Å². The smallest absolute Gasteiger partial charge is 0.180 e. The molecule has 0 radical (unpaired) electrons. The van der Waals surface area contributed by atoms with Crippen LogP contribution in [-0.2, 0) is 13.0 Å². The maximum Gasteiger partial charge on any atom is 0.180 e. The molecule has 0 spiro atoms. The molecular formula is C20H16Cl2F3N3O. The average molecular weight is 442 g/mol. The van der Waals surface area contributed by atoms with E-state index < -0.39 is 17.5 Å². The zero-order valence-electron chi connectivity index (χ0n) is 15.3. The van der Waals surface area contributed by atoms with E-state index in [0.717, 1.165) is 6.07 Å². The SMILES string of the molecule is CC(=O)c1nn(Cc2cccc(F)c2F)c(Cl)c1CCNc1cccc(Cl)c1F. The molecule has 3 rings (SSSR count). The van der Waals surface area contributed by atoms with Crippen LogP contribution < -0.4 is 5.32 Å². The van der Waals surface area contributed by atoms with Gasteiger partial charge in [0.05, 0.1) is 17.3 Å². The molecule has 0 fully saturated rings. The second-order valence-electron chi connectivity index (χ2n) is 6.32. The summed E-state index contributed by atoms with van der Waals surface area (Å²) in [6.07, 6.45) is 0.255. The van der Waals surface area contributed by atoms with Gasteiger partial charge in [-0.2, -0.15) is 5.10 Å². The van der Waals surface area contributed by atoms with Crippen molar-refractivity contribution in [2.45, 2.75) is 19.9 Å². The first-order valence-corrected chi connectivity index (χ1v) is 9.42. The van der Waals surface area contributed by atoms with Crippen LogP contribution in [0.15, 0.2) is 36.4 Å². The molecule has 152 valence electrons. The van der Waals surface area contributed by atoms with Crippen LogP contribution in [0.4, 0.5) is 18.9 Å². The number of aromatic nitrogens is 2. The van der Waals surface area contributed by atoms with Crippen LogP contribution in [0.3, 0.4) is 0 Å². The number of anilines is 1. The lowest BCUT2D eigenvalue weighted by Crippen LogP contribution is -2.09. The summed E-state index contributed by atoms with van der Waals surface area (Å²) in [5.41, 5.74) is 0.827. The molecule has 0 unspecified atom stereocenters. The van der Waals surface area contributed by atoms with Gasteiger partial charge in [-0.3, -0.25) is 4.79 Å². The molecule has 1 aromatic heterocycles. The third-order valence-electron chi connectivity index (χ3n) is 4.31. The number of nitrogens with one attached hydrogen (secondary N) is 1. The van der Waals surface area contributed by atoms with Crippen molar-refractivity contribution in [3.8, 4) is 0 Å². The van der Waals surface area contributed by atoms with Gasteiger partial charge in [-0.1, -0.05) is 41.4 Å². The number of rotatable bonds is 7. The Labute approximate surface area is 175 Å². The van der Waals surface area contributed by atoms with E-state index in [2.05, 4.69) is 10.4 Å². The molecule has 2 aromatic carbocycles. The van der Waals surface area contributed by atoms with Gasteiger partial charge >= 0.3 is 0 Å². The number of hydrogen-bond donors (Lipinski definition) is 1. The average Bonchev–Trinajstić information content (AvgIpc) is 2.99. The second-order valence-corrected chi connectivity index (χ2v) is 7.09. The lowest BCUT2D eigenvalue weighted by Gasteiger charge is -2.09. The van der Waals surface area contributed by atoms with Crippen molar-refractivity contribution >= 4 is 34.7 Å². The lowest BCUT2D eigenvalue weighted by molar-refractivity contribution is 0.101. The second kappa shape index (κ2) is 8.88. The van der Waals surface area contributed by atoms with Gasteiger partial charge < -0.3 is 5.32 Å². The Kier molecular flexibility index (Phi) is 6.49. The number of halogens is 5. The molecule has 0 saturated carbocycles. The summed E-state index contributed by atoms with van der Waals surface area (Å²) in [5, 5.41) is 7.17. The number of hydrogen-bond acceptors (Lipinski definition) is 3. The van der Waals surface area contributed by atoms with Crippen LogP contribution in [0.5, 0.6) is 0 Å². The van der Waals surface area contributed by atoms with Gasteiger partial charge in [0.15, 0.2) is 23.2 Å². The first-order valence-electron chi connectivity index (χ1n) is 8.66. The lowest BCUT2D eigenvalue weighted by atomic mass is 10.1. The Hall–Kier alpha value is -2.51. The minimum absolute atomic E-state index is 0.0117. The van der Waals surface area contributed by atoms with Crippen LogP contribution in [0.1, 0.15) is 28.5 Å². The standard InChI is InChI=1S/C20H16Cl2F3N3O/c1-11(29)19-13(8-9-26-16-7-3-5-14(21)18(16)25)20(22)28(27-19)10-12-4-2-6-15(23)17(12)24/h2-7,26H,8-10H2,1H3. The molecule has 0 aliphatic carbocycles. The maximum absolute atomic E-state index is 14.0. The topological polar surface area (TPSA) is 46.9 Å². The summed E-state index contributed by atoms with van der Waals surface area (Å²) >= 11 is 12.1. The fourth-order valence-electron chi connectivity index (χ4n) is 2.88. The van der Waals surface area contributed by atoms with Crippen LogP contribution in [0.25, 0.3) is 0 Å². The summed E-state index contributed by atoms with van der Waals surface area (Å²) in [5.74, 6) is -2.88. The molecule has 0 aliphatic rings. The van der Waals surface area contributed by atoms with E-state index in [-0.39, 0.29) is 52.4 Å². The molecule has 0 amide bonds. The molecule has 0 atom stereocenters. The number of carbonyl (C=O) groups is 1. The monoisotopic (exact) mass is 441 g/mol. The highest BCUT2D eigenvalue weighted by Gasteiger charge is 2.20. The fraction of sp³-hybridized carbons (Fsp3) is 0.200. The molecular weight excluding hydrogens is 426 g/mol. The number of ketones is 1. The van der Waals surface area contributed by atoms with Crippen molar-refractivity contribution < 1.29 is 18.0 Å². The minimum atomic E-state index is -0.997. The van der Waals surface area contributed by atoms with Crippen molar-refractivity contribution in [3.63, 3.8) is 0 Å². The molecule has 1 heterocycles. The molecule has 0 aliphatic heterocycles. The third-order valence-corrected chi connectivity index (χ3v) is 5.02. The van der Waals surface area contributed by atoms with Crippen molar-refractivity contribution in [3.05, 3.63) is 80.8 Å². The highest BCUT2D eigenvalue weighted by molar-refractivity contribution is 6.31.